The van der Waals surface area contributed by atoms with Crippen LogP contribution in [0.15, 0.2) is 23.1 Å². The lowest BCUT2D eigenvalue weighted by atomic mass is 9.92. The van der Waals surface area contributed by atoms with Crippen molar-refractivity contribution in [2.75, 3.05) is 39.0 Å². The summed E-state index contributed by atoms with van der Waals surface area (Å²) >= 11 is 0. The average molecular weight is 398 g/mol. The fourth-order valence-electron chi connectivity index (χ4n) is 3.46. The number of anilines is 1. The largest absolute Gasteiger partial charge is 0.383 e. The topological polar surface area (TPSA) is 113 Å². The number of benzene rings is 1. The molecule has 10 heteroatoms. The standard InChI is InChI=1S/C17H26N4O5S/c1-12-7-13(2)10-20(9-12)17(22)11-19(4)27(25,26)14-5-6-15(18-3)16(8-14)21(23)24/h5-6,8,12-13,18H,7,9-11H2,1-4H3/t12-,13-/m0/s1. The minimum absolute atomic E-state index is 0.217. The van der Waals surface area contributed by atoms with Gasteiger partial charge in [-0.3, -0.25) is 14.9 Å². The first-order chi connectivity index (χ1) is 12.6. The minimum Gasteiger partial charge on any atom is -0.383 e. The zero-order valence-corrected chi connectivity index (χ0v) is 16.8. The first kappa shape index (κ1) is 21.1. The Bertz CT molecular complexity index is 817. The van der Waals surface area contributed by atoms with Crippen LogP contribution in [0.2, 0.25) is 0 Å². The van der Waals surface area contributed by atoms with E-state index in [2.05, 4.69) is 19.2 Å². The SMILES string of the molecule is CNc1ccc(S(=O)(=O)N(C)CC(=O)N2C[C@@H](C)C[C@H](C)C2)cc1[N+](=O)[O-]. The van der Waals surface area contributed by atoms with Crippen LogP contribution in [0.25, 0.3) is 0 Å². The summed E-state index contributed by atoms with van der Waals surface area (Å²) in [6.07, 6.45) is 1.04. The van der Waals surface area contributed by atoms with Gasteiger partial charge in [0.25, 0.3) is 5.69 Å². The lowest BCUT2D eigenvalue weighted by Crippen LogP contribution is -2.47. The van der Waals surface area contributed by atoms with Crippen molar-refractivity contribution in [1.29, 1.82) is 0 Å². The molecule has 1 fully saturated rings. The van der Waals surface area contributed by atoms with Crippen LogP contribution in [-0.4, -0.2) is 62.2 Å². The van der Waals surface area contributed by atoms with E-state index < -0.39 is 14.9 Å². The van der Waals surface area contributed by atoms with Gasteiger partial charge in [0, 0.05) is 33.3 Å². The Morgan fingerprint density at radius 1 is 1.33 bits per heavy atom. The van der Waals surface area contributed by atoms with Gasteiger partial charge in [-0.2, -0.15) is 4.31 Å². The first-order valence-corrected chi connectivity index (χ1v) is 10.2. The third kappa shape index (κ3) is 4.75. The number of nitro groups is 1. The molecule has 1 aliphatic heterocycles. The van der Waals surface area contributed by atoms with Crippen molar-refractivity contribution in [2.45, 2.75) is 25.2 Å². The van der Waals surface area contributed by atoms with Crippen molar-refractivity contribution >= 4 is 27.3 Å². The van der Waals surface area contributed by atoms with Crippen LogP contribution in [0, 0.1) is 22.0 Å². The zero-order chi connectivity index (χ0) is 20.4. The van der Waals surface area contributed by atoms with Crippen LogP contribution < -0.4 is 5.32 Å². The smallest absolute Gasteiger partial charge is 0.293 e. The van der Waals surface area contributed by atoms with E-state index in [1.807, 2.05) is 0 Å². The number of hydrogen-bond acceptors (Lipinski definition) is 6. The molecule has 1 aromatic rings. The molecule has 0 radical (unpaired) electrons. The molecule has 0 aliphatic carbocycles. The summed E-state index contributed by atoms with van der Waals surface area (Å²) in [5.74, 6) is 0.480. The summed E-state index contributed by atoms with van der Waals surface area (Å²) in [5.41, 5.74) is -0.119. The number of sulfonamides is 1. The molecule has 9 nitrogen and oxygen atoms in total. The molecule has 1 aromatic carbocycles. The molecule has 1 amide bonds. The summed E-state index contributed by atoms with van der Waals surface area (Å²) in [6.45, 7) is 5.06. The number of hydrogen-bond donors (Lipinski definition) is 1. The number of likely N-dealkylation sites (tertiary alicyclic amines) is 1. The molecule has 1 aliphatic rings. The number of nitro benzene ring substituents is 1. The number of amides is 1. The molecule has 27 heavy (non-hydrogen) atoms. The van der Waals surface area contributed by atoms with Crippen LogP contribution in [0.5, 0.6) is 0 Å². The second-order valence-corrected chi connectivity index (χ2v) is 9.24. The van der Waals surface area contributed by atoms with Crippen molar-refractivity contribution < 1.29 is 18.1 Å². The molecule has 0 bridgehead atoms. The first-order valence-electron chi connectivity index (χ1n) is 8.76. The van der Waals surface area contributed by atoms with Crippen molar-refractivity contribution in [3.05, 3.63) is 28.3 Å². The number of nitrogens with zero attached hydrogens (tertiary/aromatic N) is 3. The minimum atomic E-state index is -4.03. The molecule has 1 saturated heterocycles. The Morgan fingerprint density at radius 3 is 2.44 bits per heavy atom. The summed E-state index contributed by atoms with van der Waals surface area (Å²) in [6, 6.07) is 3.64. The molecule has 1 heterocycles. The van der Waals surface area contributed by atoms with Gasteiger partial charge in [-0.15, -0.1) is 0 Å². The van der Waals surface area contributed by atoms with Crippen molar-refractivity contribution in [1.82, 2.24) is 9.21 Å². The van der Waals surface area contributed by atoms with Crippen LogP contribution in [0.3, 0.4) is 0 Å². The number of rotatable bonds is 6. The van der Waals surface area contributed by atoms with Gasteiger partial charge in [-0.25, -0.2) is 8.42 Å². The monoisotopic (exact) mass is 398 g/mol. The lowest BCUT2D eigenvalue weighted by Gasteiger charge is -2.35. The maximum absolute atomic E-state index is 12.8. The maximum Gasteiger partial charge on any atom is 0.293 e. The van der Waals surface area contributed by atoms with E-state index in [9.17, 15) is 23.3 Å². The fraction of sp³-hybridized carbons (Fsp3) is 0.588. The van der Waals surface area contributed by atoms with Gasteiger partial charge in [-0.05, 0) is 30.4 Å². The molecule has 1 N–H and O–H groups in total. The normalized spacial score (nSPS) is 20.6. The molecule has 2 rings (SSSR count). The summed E-state index contributed by atoms with van der Waals surface area (Å²) in [4.78, 5) is 24.6. The van der Waals surface area contributed by atoms with Gasteiger partial charge in [0.15, 0.2) is 0 Å². The Kier molecular flexibility index (Phi) is 6.42. The van der Waals surface area contributed by atoms with E-state index in [-0.39, 0.29) is 28.7 Å². The van der Waals surface area contributed by atoms with E-state index in [1.165, 1.54) is 26.2 Å². The zero-order valence-electron chi connectivity index (χ0n) is 16.0. The van der Waals surface area contributed by atoms with Gasteiger partial charge >= 0.3 is 0 Å². The van der Waals surface area contributed by atoms with Crippen molar-refractivity contribution in [2.24, 2.45) is 11.8 Å². The van der Waals surface area contributed by atoms with Gasteiger partial charge in [-0.1, -0.05) is 13.8 Å². The Morgan fingerprint density at radius 2 is 1.93 bits per heavy atom. The van der Waals surface area contributed by atoms with Gasteiger partial charge < -0.3 is 10.2 Å². The Balaban J connectivity index is 2.20. The lowest BCUT2D eigenvalue weighted by molar-refractivity contribution is -0.384. The number of nitrogens with one attached hydrogen (secondary N) is 1. The van der Waals surface area contributed by atoms with Crippen LogP contribution in [0.4, 0.5) is 11.4 Å². The molecular weight excluding hydrogens is 372 g/mol. The average Bonchev–Trinajstić information content (AvgIpc) is 2.59. The molecule has 0 aromatic heterocycles. The molecule has 0 spiro atoms. The second-order valence-electron chi connectivity index (χ2n) is 7.19. The van der Waals surface area contributed by atoms with Crippen LogP contribution in [0.1, 0.15) is 20.3 Å². The fourth-order valence-corrected chi connectivity index (χ4v) is 4.60. The highest BCUT2D eigenvalue weighted by molar-refractivity contribution is 7.89. The van der Waals surface area contributed by atoms with Crippen molar-refractivity contribution in [3.63, 3.8) is 0 Å². The Hall–Kier alpha value is -2.20. The number of carbonyl (C=O) groups excluding carboxylic acids is 1. The van der Waals surface area contributed by atoms with E-state index >= 15 is 0 Å². The molecular formula is C17H26N4O5S. The molecule has 150 valence electrons. The third-order valence-electron chi connectivity index (χ3n) is 4.72. The molecule has 0 saturated carbocycles. The van der Waals surface area contributed by atoms with Gasteiger partial charge in [0.1, 0.15) is 5.69 Å². The summed E-state index contributed by atoms with van der Waals surface area (Å²) < 4.78 is 26.5. The number of carbonyl (C=O) groups is 1. The number of likely N-dealkylation sites (N-methyl/N-ethyl adjacent to an activating group) is 1. The number of piperidine rings is 1. The predicted octanol–water partition coefficient (Wildman–Crippen LogP) is 1.76. The molecule has 2 atom stereocenters. The quantitative estimate of drug-likeness (QED) is 0.577. The highest BCUT2D eigenvalue weighted by atomic mass is 32.2. The van der Waals surface area contributed by atoms with Gasteiger partial charge in [0.2, 0.25) is 15.9 Å². The van der Waals surface area contributed by atoms with E-state index in [4.69, 9.17) is 0 Å². The van der Waals surface area contributed by atoms with E-state index in [0.717, 1.165) is 16.8 Å². The maximum atomic E-state index is 12.8. The highest BCUT2D eigenvalue weighted by Crippen LogP contribution is 2.28. The summed E-state index contributed by atoms with van der Waals surface area (Å²) in [5, 5.41) is 13.8. The van der Waals surface area contributed by atoms with E-state index in [1.54, 1.807) is 4.90 Å². The van der Waals surface area contributed by atoms with Gasteiger partial charge in [0.05, 0.1) is 16.4 Å². The third-order valence-corrected chi connectivity index (χ3v) is 6.52. The second kappa shape index (κ2) is 8.22. The predicted molar refractivity (Wildman–Crippen MR) is 102 cm³/mol. The van der Waals surface area contributed by atoms with Crippen LogP contribution >= 0.6 is 0 Å². The highest BCUT2D eigenvalue weighted by Gasteiger charge is 2.30. The summed E-state index contributed by atoms with van der Waals surface area (Å²) in [7, 11) is -1.20. The Labute approximate surface area is 159 Å². The molecule has 0 unspecified atom stereocenters. The van der Waals surface area contributed by atoms with E-state index in [0.29, 0.717) is 24.9 Å². The van der Waals surface area contributed by atoms with Crippen molar-refractivity contribution in [3.8, 4) is 0 Å². The van der Waals surface area contributed by atoms with Crippen LogP contribution in [-0.2, 0) is 14.8 Å².